The lowest BCUT2D eigenvalue weighted by Gasteiger charge is -2.02. The Balaban J connectivity index is 2.92. The Morgan fingerprint density at radius 1 is 0.778 bits per heavy atom. The van der Waals surface area contributed by atoms with Gasteiger partial charge in [-0.1, -0.05) is 84.0 Å². The number of hydrogen-bond donors (Lipinski definition) is 1. The topological polar surface area (TPSA) is 37.3 Å². The van der Waals surface area contributed by atoms with Gasteiger partial charge < -0.3 is 5.11 Å². The fourth-order valence-electron chi connectivity index (χ4n) is 2.14. The van der Waals surface area contributed by atoms with Gasteiger partial charge in [0.15, 0.2) is 0 Å². The van der Waals surface area contributed by atoms with E-state index in [4.69, 9.17) is 5.11 Å². The van der Waals surface area contributed by atoms with Crippen molar-refractivity contribution in [3.8, 4) is 0 Å². The molecule has 0 aromatic carbocycles. The summed E-state index contributed by atoms with van der Waals surface area (Å²) in [6, 6.07) is 0. The maximum atomic E-state index is 10.2. The van der Waals surface area contributed by atoms with Gasteiger partial charge in [-0.15, -0.1) is 0 Å². The number of aliphatic carboxylic acids is 1. The molecule has 0 saturated heterocycles. The highest BCUT2D eigenvalue weighted by Crippen LogP contribution is 2.12. The average Bonchev–Trinajstić information content (AvgIpc) is 2.34. The van der Waals surface area contributed by atoms with Crippen molar-refractivity contribution in [2.24, 2.45) is 0 Å². The van der Waals surface area contributed by atoms with Crippen molar-refractivity contribution in [2.75, 3.05) is 0 Å². The first-order chi connectivity index (χ1) is 8.77. The fourth-order valence-corrected chi connectivity index (χ4v) is 2.14. The van der Waals surface area contributed by atoms with E-state index in [9.17, 15) is 4.79 Å². The zero-order valence-corrected chi connectivity index (χ0v) is 11.8. The maximum Gasteiger partial charge on any atom is 0.307 e. The van der Waals surface area contributed by atoms with Crippen LogP contribution in [0, 0.1) is 13.3 Å². The molecule has 18 heavy (non-hydrogen) atoms. The Labute approximate surface area is 113 Å². The zero-order chi connectivity index (χ0) is 13.5. The van der Waals surface area contributed by atoms with E-state index in [1.54, 1.807) is 0 Å². The second-order valence-electron chi connectivity index (χ2n) is 5.07. The summed E-state index contributed by atoms with van der Waals surface area (Å²) in [5, 5.41) is 8.43. The molecule has 0 atom stereocenters. The third-order valence-electron chi connectivity index (χ3n) is 3.27. The summed E-state index contributed by atoms with van der Waals surface area (Å²) in [6.07, 6.45) is 17.4. The lowest BCUT2D eigenvalue weighted by molar-refractivity contribution is -0.133. The van der Waals surface area contributed by atoms with Crippen LogP contribution in [0.4, 0.5) is 0 Å². The van der Waals surface area contributed by atoms with Gasteiger partial charge in [0.2, 0.25) is 0 Å². The van der Waals surface area contributed by atoms with Crippen LogP contribution in [0.5, 0.6) is 0 Å². The van der Waals surface area contributed by atoms with E-state index in [1.807, 2.05) is 0 Å². The van der Waals surface area contributed by atoms with Crippen molar-refractivity contribution in [3.05, 3.63) is 13.3 Å². The standard InChI is InChI=1S/C16H30O2/c1-2-3-4-5-6-7-8-9-10-11-12-13-14-15-16(17)18/h15H,1-14H2,(H,17,18). The number of unbranched alkanes of at least 4 members (excludes halogenated alkanes) is 12. The average molecular weight is 254 g/mol. The molecule has 0 aromatic heterocycles. The molecule has 0 unspecified atom stereocenters. The van der Waals surface area contributed by atoms with Gasteiger partial charge in [-0.25, -0.2) is 0 Å². The largest absolute Gasteiger partial charge is 0.481 e. The molecule has 0 amide bonds. The molecule has 2 nitrogen and oxygen atoms in total. The molecule has 0 saturated carbocycles. The summed E-state index contributed by atoms with van der Waals surface area (Å²) >= 11 is 0. The molecular weight excluding hydrogens is 224 g/mol. The van der Waals surface area contributed by atoms with Crippen molar-refractivity contribution < 1.29 is 9.90 Å². The van der Waals surface area contributed by atoms with Crippen molar-refractivity contribution in [2.45, 2.75) is 83.5 Å². The van der Waals surface area contributed by atoms with Crippen LogP contribution in [0.3, 0.4) is 0 Å². The molecule has 0 aromatic rings. The molecule has 106 valence electrons. The zero-order valence-electron chi connectivity index (χ0n) is 11.8. The number of carboxylic acids is 1. The van der Waals surface area contributed by atoms with Gasteiger partial charge >= 0.3 is 5.97 Å². The SMILES string of the molecule is [CH2]CCCCCCCCCCCCC[CH]C(=O)O. The fraction of sp³-hybridized carbons (Fsp3) is 0.812. The normalized spacial score (nSPS) is 10.7. The van der Waals surface area contributed by atoms with Gasteiger partial charge in [0.05, 0.1) is 6.42 Å². The Kier molecular flexibility index (Phi) is 14.1. The van der Waals surface area contributed by atoms with Crippen LogP contribution in [-0.2, 0) is 4.79 Å². The van der Waals surface area contributed by atoms with Crippen LogP contribution in [0.1, 0.15) is 83.5 Å². The molecule has 0 rings (SSSR count). The van der Waals surface area contributed by atoms with Gasteiger partial charge in [-0.2, -0.15) is 0 Å². The minimum atomic E-state index is -0.783. The van der Waals surface area contributed by atoms with Crippen LogP contribution in [0.25, 0.3) is 0 Å². The monoisotopic (exact) mass is 254 g/mol. The molecule has 0 aliphatic heterocycles. The smallest absolute Gasteiger partial charge is 0.307 e. The van der Waals surface area contributed by atoms with Crippen molar-refractivity contribution >= 4 is 5.97 Å². The van der Waals surface area contributed by atoms with Gasteiger partial charge in [0.1, 0.15) is 0 Å². The summed E-state index contributed by atoms with van der Waals surface area (Å²) in [5.74, 6) is -0.783. The molecule has 1 N–H and O–H groups in total. The van der Waals surface area contributed by atoms with Crippen LogP contribution >= 0.6 is 0 Å². The second-order valence-corrected chi connectivity index (χ2v) is 5.07. The van der Waals surface area contributed by atoms with Crippen LogP contribution in [0.15, 0.2) is 0 Å². The number of rotatable bonds is 14. The number of hydrogen-bond acceptors (Lipinski definition) is 1. The third kappa shape index (κ3) is 15.5. The second kappa shape index (κ2) is 14.5. The predicted octanol–water partition coefficient (Wildman–Crippen LogP) is 5.18. The molecule has 0 heterocycles. The van der Waals surface area contributed by atoms with Crippen molar-refractivity contribution in [1.82, 2.24) is 0 Å². The minimum Gasteiger partial charge on any atom is -0.481 e. The van der Waals surface area contributed by atoms with Gasteiger partial charge in [0, 0.05) is 0 Å². The summed E-state index contributed by atoms with van der Waals surface area (Å²) in [7, 11) is 0. The van der Waals surface area contributed by atoms with E-state index in [0.29, 0.717) is 0 Å². The summed E-state index contributed by atoms with van der Waals surface area (Å²) < 4.78 is 0. The Hall–Kier alpha value is -0.530. The van der Waals surface area contributed by atoms with Crippen molar-refractivity contribution in [1.29, 1.82) is 0 Å². The molecule has 0 aliphatic rings. The first kappa shape index (κ1) is 17.5. The van der Waals surface area contributed by atoms with Gasteiger partial charge in [-0.3, -0.25) is 4.79 Å². The molecule has 2 heteroatoms. The highest BCUT2D eigenvalue weighted by Gasteiger charge is 1.97. The number of carbonyl (C=O) groups is 1. The van der Waals surface area contributed by atoms with Crippen molar-refractivity contribution in [3.63, 3.8) is 0 Å². The first-order valence-corrected chi connectivity index (χ1v) is 7.62. The maximum absolute atomic E-state index is 10.2. The van der Waals surface area contributed by atoms with Crippen LogP contribution in [0.2, 0.25) is 0 Å². The van der Waals surface area contributed by atoms with E-state index in [-0.39, 0.29) is 0 Å². The molecule has 0 bridgehead atoms. The highest BCUT2D eigenvalue weighted by atomic mass is 16.4. The number of carboxylic acid groups (broad SMARTS) is 1. The Morgan fingerprint density at radius 3 is 1.56 bits per heavy atom. The quantitative estimate of drug-likeness (QED) is 0.434. The van der Waals surface area contributed by atoms with Gasteiger partial charge in [-0.05, 0) is 6.42 Å². The summed E-state index contributed by atoms with van der Waals surface area (Å²) in [6.45, 7) is 3.85. The van der Waals surface area contributed by atoms with E-state index < -0.39 is 5.97 Å². The molecule has 0 aliphatic carbocycles. The Morgan fingerprint density at radius 2 is 1.17 bits per heavy atom. The molecule has 0 spiro atoms. The summed E-state index contributed by atoms with van der Waals surface area (Å²) in [5.41, 5.74) is 0. The van der Waals surface area contributed by atoms with E-state index in [1.165, 1.54) is 70.6 Å². The van der Waals surface area contributed by atoms with Crippen LogP contribution in [-0.4, -0.2) is 11.1 Å². The lowest BCUT2D eigenvalue weighted by Crippen LogP contribution is -1.94. The van der Waals surface area contributed by atoms with Gasteiger partial charge in [0.25, 0.3) is 0 Å². The van der Waals surface area contributed by atoms with E-state index in [2.05, 4.69) is 6.92 Å². The first-order valence-electron chi connectivity index (χ1n) is 7.62. The lowest BCUT2D eigenvalue weighted by atomic mass is 10.0. The highest BCUT2D eigenvalue weighted by molar-refractivity contribution is 5.76. The molecule has 0 fully saturated rings. The van der Waals surface area contributed by atoms with E-state index in [0.717, 1.165) is 19.3 Å². The van der Waals surface area contributed by atoms with E-state index >= 15 is 0 Å². The Bertz CT molecular complexity index is 178. The molecular formula is C16H30O2. The summed E-state index contributed by atoms with van der Waals surface area (Å²) in [4.78, 5) is 10.2. The van der Waals surface area contributed by atoms with Crippen LogP contribution < -0.4 is 0 Å². The minimum absolute atomic E-state index is 0.724. The predicted molar refractivity (Wildman–Crippen MR) is 77.3 cm³/mol. The molecule has 2 radical (unpaired) electrons. The third-order valence-corrected chi connectivity index (χ3v) is 3.27.